The van der Waals surface area contributed by atoms with E-state index in [9.17, 15) is 0 Å². The third-order valence-electron chi connectivity index (χ3n) is 30.0. The van der Waals surface area contributed by atoms with Crippen LogP contribution in [0, 0.1) is 27.7 Å². The summed E-state index contributed by atoms with van der Waals surface area (Å²) in [5.41, 5.74) is 48.5. The summed E-state index contributed by atoms with van der Waals surface area (Å²) in [4.78, 5) is 11.1. The molecule has 0 bridgehead atoms. The molecule has 7 aromatic heterocycles. The Morgan fingerprint density at radius 1 is 0.273 bits per heavy atom. The highest BCUT2D eigenvalue weighted by molar-refractivity contribution is 8.01. The van der Waals surface area contributed by atoms with E-state index in [1.54, 1.807) is 0 Å². The van der Waals surface area contributed by atoms with Crippen molar-refractivity contribution in [3.05, 3.63) is 379 Å². The SMILES string of the molecule is Cc1cc2c3c(c1)-n1c4c(c5cccc(c51)B3c1ccccc1S2)C(C)(C)c1ccccc1-4.Cc1cc2c3c(c1)-n1c4c(cccc4c4c1c1ccccc1n4-c1ccccc1)B3c1ccccc1S2.Cc1cc2c3c(c1)-n1c4c(cccc4c4oc5ccccc5c41)B3c1ccccc1S2.Cc1cc2c3c(c1)-n1c4c(cccc4c4sc5ccccc5c41)B3c1ccccc1S2. The Bertz CT molecular complexity index is 9140. The maximum Gasteiger partial charge on any atom is 0.249 e. The summed E-state index contributed by atoms with van der Waals surface area (Å²) in [5, 5.41) is 9.15. The molecule has 0 radical (unpaired) electrons. The van der Waals surface area contributed by atoms with Crippen LogP contribution in [0.1, 0.15) is 47.2 Å². The second kappa shape index (κ2) is 27.3. The molecule has 0 spiro atoms. The van der Waals surface area contributed by atoms with E-state index in [1.807, 2.05) is 64.5 Å². The molecule has 0 saturated carbocycles. The standard InChI is InChI=1S/C33H21BN2S.C30H22BNS.C27H16BNOS.C27H16BNS2/c1-20-18-27-30-29(19-20)37-28-17-8-6-14-24(28)34(30)25-15-9-13-23-31(25)36(27)32-22-12-5-7-16-26(22)35(33(23)32)21-10-3-2-4-11-21;1-17-15-23-27-25(16-17)33-24-14-7-6-12-21(24)31(27)22-13-8-10-19-26-29(32(23)28(19)22)18-9-4-5-11-20(18)30(26,2)3;1-15-13-20-24-23(14-15)31-22-12-5-3-9-18(22)28(24)19-10-6-8-17-25(19)29(20)26-16-7-2-4-11-21(16)30-27(17)26;1-15-13-20-24-23(14-15)30-22-12-5-3-9-18(22)28(24)19-10-6-8-17-25(19)29(20)26-16-7-2-4-11-21(16)31-27(17)26/h2-19H,1H3;4-16H,1-3H3;2*2-14H,1H3. The van der Waals surface area contributed by atoms with E-state index in [1.165, 1.54) is 275 Å². The van der Waals surface area contributed by atoms with E-state index in [-0.39, 0.29) is 25.6 Å². The summed E-state index contributed by atoms with van der Waals surface area (Å²) in [5.74, 6) is 0. The summed E-state index contributed by atoms with van der Waals surface area (Å²) < 4.78 is 21.9. The number of thiophene rings is 1. The van der Waals surface area contributed by atoms with Gasteiger partial charge in [-0.2, -0.15) is 0 Å². The molecule has 6 nitrogen and oxygen atoms in total. The Kier molecular flexibility index (Phi) is 15.5. The van der Waals surface area contributed by atoms with Crippen LogP contribution < -0.4 is 65.6 Å². The van der Waals surface area contributed by atoms with Gasteiger partial charge in [0.25, 0.3) is 0 Å². The second-order valence-electron chi connectivity index (χ2n) is 37.7. The number of nitrogens with zero attached hydrogens (tertiary/aromatic N) is 5. The molecule has 0 atom stereocenters. The highest BCUT2D eigenvalue weighted by Gasteiger charge is 2.49. The van der Waals surface area contributed by atoms with Crippen molar-refractivity contribution in [1.82, 2.24) is 22.8 Å². The lowest BCUT2D eigenvalue weighted by molar-refractivity contribution is 0.666. The van der Waals surface area contributed by atoms with Gasteiger partial charge in [-0.05, 0) is 220 Å². The largest absolute Gasteiger partial charge is 0.454 e. The molecular weight excluding hydrogens is 1690 g/mol. The Morgan fingerprint density at radius 3 is 1.20 bits per heavy atom. The van der Waals surface area contributed by atoms with Gasteiger partial charge in [-0.25, -0.2) is 0 Å². The van der Waals surface area contributed by atoms with E-state index in [4.69, 9.17) is 4.42 Å². The monoisotopic (exact) mass is 1770 g/mol. The van der Waals surface area contributed by atoms with Crippen molar-refractivity contribution in [2.45, 2.75) is 86.1 Å². The fraction of sp³-hybridized carbons (Fsp3) is 0.0598. The molecular formula is C117H75B4N5OS5. The highest BCUT2D eigenvalue weighted by atomic mass is 32.2. The number of hydrogen-bond acceptors (Lipinski definition) is 6. The summed E-state index contributed by atoms with van der Waals surface area (Å²) in [6.07, 6.45) is 0. The molecule has 33 rings (SSSR count). The van der Waals surface area contributed by atoms with Crippen LogP contribution in [0.3, 0.4) is 0 Å². The zero-order valence-electron chi connectivity index (χ0n) is 72.9. The maximum atomic E-state index is 6.43. The average molecular weight is 1770 g/mol. The quantitative estimate of drug-likeness (QED) is 0.153. The molecule has 8 aliphatic heterocycles. The fourth-order valence-electron chi connectivity index (χ4n) is 25.1. The zero-order valence-corrected chi connectivity index (χ0v) is 77.0. The molecule has 17 aromatic carbocycles. The Balaban J connectivity index is 0.0000000847. The van der Waals surface area contributed by atoms with Crippen LogP contribution in [0.25, 0.3) is 148 Å². The molecule has 0 fully saturated rings. The van der Waals surface area contributed by atoms with Gasteiger partial charge in [0.15, 0.2) is 5.58 Å². The van der Waals surface area contributed by atoms with Gasteiger partial charge >= 0.3 is 0 Å². The number of benzene rings is 17. The Morgan fingerprint density at radius 2 is 0.652 bits per heavy atom. The zero-order chi connectivity index (χ0) is 86.8. The number of furan rings is 1. The Labute approximate surface area is 784 Å². The van der Waals surface area contributed by atoms with Crippen molar-refractivity contribution in [3.63, 3.8) is 0 Å². The first kappa shape index (κ1) is 75.1. The smallest absolute Gasteiger partial charge is 0.249 e. The minimum Gasteiger partial charge on any atom is -0.454 e. The predicted octanol–water partition coefficient (Wildman–Crippen LogP) is 22.6. The molecule has 0 N–H and O–H groups in total. The van der Waals surface area contributed by atoms with Crippen LogP contribution in [0.2, 0.25) is 0 Å². The number of fused-ring (bicyclic) bond motifs is 36. The average Bonchev–Trinajstić information content (AvgIpc) is 1.63. The van der Waals surface area contributed by atoms with Crippen molar-refractivity contribution in [2.24, 2.45) is 0 Å². The molecule has 0 unspecified atom stereocenters. The lowest BCUT2D eigenvalue weighted by Gasteiger charge is -2.34. The minimum atomic E-state index is -0.0203. The lowest BCUT2D eigenvalue weighted by atomic mass is 9.35. The fourth-order valence-corrected chi connectivity index (χ4v) is 31.4. The predicted molar refractivity (Wildman–Crippen MR) is 565 cm³/mol. The van der Waals surface area contributed by atoms with Crippen molar-refractivity contribution in [2.75, 3.05) is 0 Å². The molecule has 0 saturated heterocycles. The van der Waals surface area contributed by atoms with Gasteiger partial charge in [0, 0.05) is 126 Å². The van der Waals surface area contributed by atoms with Crippen LogP contribution in [0.4, 0.5) is 0 Å². The molecule has 24 aromatic rings. The van der Waals surface area contributed by atoms with Crippen LogP contribution >= 0.6 is 58.4 Å². The molecule has 15 heteroatoms. The third kappa shape index (κ3) is 9.96. The van der Waals surface area contributed by atoms with Gasteiger partial charge < -0.3 is 27.3 Å². The van der Waals surface area contributed by atoms with Crippen LogP contribution in [0.5, 0.6) is 0 Å². The molecule has 9 aliphatic rings. The topological polar surface area (TPSA) is 37.8 Å². The lowest BCUT2D eigenvalue weighted by Crippen LogP contribution is -2.58. The summed E-state index contributed by atoms with van der Waals surface area (Å²) in [6.45, 7) is 14.8. The van der Waals surface area contributed by atoms with E-state index < -0.39 is 0 Å². The number of para-hydroxylation sites is 7. The van der Waals surface area contributed by atoms with Gasteiger partial charge in [0.1, 0.15) is 11.1 Å². The minimum absolute atomic E-state index is 0.0203. The normalized spacial score (nSPS) is 14.2. The van der Waals surface area contributed by atoms with Gasteiger partial charge in [-0.1, -0.05) is 313 Å². The number of rotatable bonds is 1. The number of hydrogen-bond donors (Lipinski definition) is 0. The van der Waals surface area contributed by atoms with Gasteiger partial charge in [0.05, 0.1) is 49.0 Å². The first-order chi connectivity index (χ1) is 64.9. The van der Waals surface area contributed by atoms with Crippen LogP contribution in [-0.4, -0.2) is 49.7 Å². The van der Waals surface area contributed by atoms with E-state index in [2.05, 4.69) is 404 Å². The first-order valence-electron chi connectivity index (χ1n) is 45.9. The van der Waals surface area contributed by atoms with E-state index >= 15 is 0 Å². The van der Waals surface area contributed by atoms with Gasteiger partial charge in [-0.15, -0.1) is 11.3 Å². The molecule has 0 amide bonds. The number of aromatic nitrogens is 5. The van der Waals surface area contributed by atoms with Gasteiger partial charge in [0.2, 0.25) is 26.9 Å². The third-order valence-corrected chi connectivity index (χ3v) is 35.8. The van der Waals surface area contributed by atoms with E-state index in [0.717, 1.165) is 11.2 Å². The van der Waals surface area contributed by atoms with Crippen LogP contribution in [0.15, 0.2) is 389 Å². The van der Waals surface area contributed by atoms with Crippen LogP contribution in [-0.2, 0) is 5.41 Å². The molecule has 15 heterocycles. The maximum absolute atomic E-state index is 6.43. The molecule has 1 aliphatic carbocycles. The molecule has 616 valence electrons. The van der Waals surface area contributed by atoms with Crippen molar-refractivity contribution in [1.29, 1.82) is 0 Å². The number of aryl methyl sites for hydroxylation is 4. The Hall–Kier alpha value is -13.6. The molecule has 132 heavy (non-hydrogen) atoms. The van der Waals surface area contributed by atoms with Crippen molar-refractivity contribution >= 4 is 259 Å². The van der Waals surface area contributed by atoms with E-state index in [0.29, 0.717) is 6.71 Å². The highest BCUT2D eigenvalue weighted by Crippen LogP contribution is 2.56. The second-order valence-corrected chi connectivity index (χ2v) is 43.1. The van der Waals surface area contributed by atoms with Crippen molar-refractivity contribution in [3.8, 4) is 39.7 Å². The first-order valence-corrected chi connectivity index (χ1v) is 50.0. The van der Waals surface area contributed by atoms with Crippen molar-refractivity contribution < 1.29 is 4.42 Å². The summed E-state index contributed by atoms with van der Waals surface area (Å²) >= 11 is 9.63. The summed E-state index contributed by atoms with van der Waals surface area (Å²) in [6, 6.07) is 129. The van der Waals surface area contributed by atoms with Gasteiger partial charge in [-0.3, -0.25) is 0 Å². The summed E-state index contributed by atoms with van der Waals surface area (Å²) in [7, 11) is 0.